The molecule has 0 spiro atoms. The number of hydrogen-bond acceptors (Lipinski definition) is 5. The number of rotatable bonds is 8. The molecule has 0 fully saturated rings. The maximum atomic E-state index is 11.3. The van der Waals surface area contributed by atoms with E-state index in [0.29, 0.717) is 12.2 Å². The quantitative estimate of drug-likeness (QED) is 0.547. The van der Waals surface area contributed by atoms with Crippen molar-refractivity contribution >= 4 is 11.0 Å². The minimum absolute atomic E-state index is 0.0652. The Kier molecular flexibility index (Phi) is 6.96. The second-order valence-electron chi connectivity index (χ2n) is 11.1. The van der Waals surface area contributed by atoms with Crippen LogP contribution < -0.4 is 0 Å². The zero-order valence-corrected chi connectivity index (χ0v) is 21.0. The minimum Gasteiger partial charge on any atom is -0.505 e. The molecule has 32 heavy (non-hydrogen) atoms. The van der Waals surface area contributed by atoms with Crippen LogP contribution in [-0.4, -0.2) is 64.1 Å². The first-order chi connectivity index (χ1) is 14.9. The number of likely N-dealkylation sites (N-methyl/N-ethyl adjacent to an activating group) is 2. The topological polar surface area (TPSA) is 57.4 Å². The predicted molar refractivity (Wildman–Crippen MR) is 133 cm³/mol. The highest BCUT2D eigenvalue weighted by Crippen LogP contribution is 2.40. The lowest BCUT2D eigenvalue weighted by molar-refractivity contribution is 0.271. The van der Waals surface area contributed by atoms with Crippen LogP contribution in [0.2, 0.25) is 0 Å². The third-order valence-electron chi connectivity index (χ3n) is 5.79. The van der Waals surface area contributed by atoms with Crippen molar-refractivity contribution in [1.29, 1.82) is 0 Å². The van der Waals surface area contributed by atoms with Gasteiger partial charge in [-0.05, 0) is 62.2 Å². The molecule has 0 atom stereocenters. The van der Waals surface area contributed by atoms with E-state index in [9.17, 15) is 5.11 Å². The van der Waals surface area contributed by atoms with Gasteiger partial charge in [-0.25, -0.2) is 0 Å². The average molecular weight is 438 g/mol. The van der Waals surface area contributed by atoms with Crippen LogP contribution in [0.1, 0.15) is 52.2 Å². The van der Waals surface area contributed by atoms with Crippen molar-refractivity contribution < 1.29 is 5.11 Å². The summed E-state index contributed by atoms with van der Waals surface area (Å²) in [6, 6.07) is 12.0. The van der Waals surface area contributed by atoms with E-state index in [0.717, 1.165) is 36.1 Å². The molecule has 1 aromatic heterocycles. The summed E-state index contributed by atoms with van der Waals surface area (Å²) in [5.41, 5.74) is 4.48. The van der Waals surface area contributed by atoms with Crippen molar-refractivity contribution in [3.05, 3.63) is 47.5 Å². The molecular formula is C26H39N5O. The first kappa shape index (κ1) is 24.2. The molecule has 0 unspecified atom stereocenters. The molecule has 3 aromatic rings. The largest absolute Gasteiger partial charge is 0.505 e. The van der Waals surface area contributed by atoms with Gasteiger partial charge in [0, 0.05) is 25.2 Å². The van der Waals surface area contributed by atoms with Gasteiger partial charge in [0.05, 0.1) is 0 Å². The zero-order valence-electron chi connectivity index (χ0n) is 21.0. The number of aromatic hydroxyl groups is 1. The van der Waals surface area contributed by atoms with Crippen LogP contribution in [0.5, 0.6) is 5.75 Å². The highest BCUT2D eigenvalue weighted by atomic mass is 16.3. The van der Waals surface area contributed by atoms with Gasteiger partial charge in [0.25, 0.3) is 0 Å². The Bertz CT molecular complexity index is 1030. The molecule has 1 N–H and O–H groups in total. The van der Waals surface area contributed by atoms with Gasteiger partial charge in [-0.2, -0.15) is 0 Å². The van der Waals surface area contributed by atoms with Gasteiger partial charge in [0.15, 0.2) is 0 Å². The normalized spacial score (nSPS) is 12.9. The Hall–Kier alpha value is -2.44. The lowest BCUT2D eigenvalue weighted by Gasteiger charge is -2.34. The van der Waals surface area contributed by atoms with Crippen molar-refractivity contribution in [1.82, 2.24) is 24.8 Å². The zero-order chi connectivity index (χ0) is 23.7. The monoisotopic (exact) mass is 437 g/mol. The summed E-state index contributed by atoms with van der Waals surface area (Å²) < 4.78 is 0. The molecule has 0 amide bonds. The number of aromatic nitrogens is 3. The Morgan fingerprint density at radius 2 is 1.50 bits per heavy atom. The van der Waals surface area contributed by atoms with Crippen molar-refractivity contribution in [3.8, 4) is 11.4 Å². The first-order valence-electron chi connectivity index (χ1n) is 11.4. The number of benzene rings is 2. The van der Waals surface area contributed by atoms with E-state index in [-0.39, 0.29) is 16.6 Å². The summed E-state index contributed by atoms with van der Waals surface area (Å²) >= 11 is 0. The molecule has 0 aliphatic carbocycles. The Balaban J connectivity index is 2.08. The Morgan fingerprint density at radius 3 is 2.03 bits per heavy atom. The number of hydrogen-bond donors (Lipinski definition) is 1. The molecule has 0 saturated heterocycles. The lowest BCUT2D eigenvalue weighted by Crippen LogP contribution is -2.29. The number of fused-ring (bicyclic) bond motifs is 1. The molecule has 3 rings (SSSR count). The van der Waals surface area contributed by atoms with Crippen LogP contribution >= 0.6 is 0 Å². The molecule has 0 radical (unpaired) electrons. The fourth-order valence-electron chi connectivity index (χ4n) is 4.48. The summed E-state index contributed by atoms with van der Waals surface area (Å²) in [5, 5.41) is 20.6. The molecular weight excluding hydrogens is 398 g/mol. The van der Waals surface area contributed by atoms with Gasteiger partial charge in [0.2, 0.25) is 0 Å². The van der Waals surface area contributed by atoms with Gasteiger partial charge in [0.1, 0.15) is 22.5 Å². The molecule has 174 valence electrons. The summed E-state index contributed by atoms with van der Waals surface area (Å²) in [4.78, 5) is 6.00. The minimum atomic E-state index is -0.0652. The van der Waals surface area contributed by atoms with E-state index in [1.54, 1.807) is 4.80 Å². The van der Waals surface area contributed by atoms with E-state index in [2.05, 4.69) is 87.9 Å². The van der Waals surface area contributed by atoms with Crippen LogP contribution in [-0.2, 0) is 12.0 Å². The summed E-state index contributed by atoms with van der Waals surface area (Å²) in [5.74, 6) is 0.248. The van der Waals surface area contributed by atoms with E-state index >= 15 is 0 Å². The third kappa shape index (κ3) is 5.87. The number of phenolic OH excluding ortho intramolecular Hbond substituents is 1. The number of phenols is 1. The summed E-state index contributed by atoms with van der Waals surface area (Å²) in [7, 11) is 6.25. The third-order valence-corrected chi connectivity index (χ3v) is 5.79. The number of nitrogens with zero attached hydrogens (tertiary/aromatic N) is 5. The van der Waals surface area contributed by atoms with Crippen molar-refractivity contribution in [2.24, 2.45) is 5.41 Å². The molecule has 6 heteroatoms. The van der Waals surface area contributed by atoms with Gasteiger partial charge in [-0.15, -0.1) is 15.0 Å². The van der Waals surface area contributed by atoms with Crippen LogP contribution in [0.25, 0.3) is 16.7 Å². The van der Waals surface area contributed by atoms with Crippen LogP contribution in [0, 0.1) is 5.41 Å². The molecule has 0 saturated carbocycles. The van der Waals surface area contributed by atoms with Crippen molar-refractivity contribution in [2.75, 3.05) is 34.2 Å². The van der Waals surface area contributed by atoms with E-state index in [1.165, 1.54) is 5.56 Å². The molecule has 6 nitrogen and oxygen atoms in total. The first-order valence-corrected chi connectivity index (χ1v) is 11.4. The molecule has 1 heterocycles. The standard InChI is InChI=1S/C26H39N5O/c1-25(2,3)18-26(4,5)20-15-19(17-30(8)14-13-29(6)7)24(32)23(16-20)31-27-21-11-9-10-12-22(21)28-31/h9-12,15-16,32H,13-14,17-18H2,1-8H3. The van der Waals surface area contributed by atoms with Gasteiger partial charge in [-0.1, -0.05) is 52.8 Å². The van der Waals surface area contributed by atoms with Crippen molar-refractivity contribution in [2.45, 2.75) is 53.0 Å². The molecule has 0 aliphatic heterocycles. The Labute approximate surface area is 192 Å². The van der Waals surface area contributed by atoms with Crippen LogP contribution in [0.15, 0.2) is 36.4 Å². The fourth-order valence-corrected chi connectivity index (χ4v) is 4.48. The second kappa shape index (κ2) is 9.20. The highest BCUT2D eigenvalue weighted by molar-refractivity contribution is 5.73. The average Bonchev–Trinajstić information content (AvgIpc) is 3.10. The highest BCUT2D eigenvalue weighted by Gasteiger charge is 2.29. The van der Waals surface area contributed by atoms with Gasteiger partial charge >= 0.3 is 0 Å². The predicted octanol–water partition coefficient (Wildman–Crippen LogP) is 4.83. The maximum Gasteiger partial charge on any atom is 0.147 e. The fraction of sp³-hybridized carbons (Fsp3) is 0.538. The summed E-state index contributed by atoms with van der Waals surface area (Å²) in [6.45, 7) is 13.9. The van der Waals surface area contributed by atoms with Gasteiger partial charge < -0.3 is 14.9 Å². The van der Waals surface area contributed by atoms with Crippen molar-refractivity contribution in [3.63, 3.8) is 0 Å². The molecule has 0 bridgehead atoms. The van der Waals surface area contributed by atoms with Gasteiger partial charge in [-0.3, -0.25) is 0 Å². The molecule has 0 aliphatic rings. The summed E-state index contributed by atoms with van der Waals surface area (Å²) in [6.07, 6.45) is 1.02. The van der Waals surface area contributed by atoms with E-state index in [4.69, 9.17) is 0 Å². The SMILES string of the molecule is CN(C)CCN(C)Cc1cc(C(C)(C)CC(C)(C)C)cc(-n2nc3ccccc3n2)c1O. The lowest BCUT2D eigenvalue weighted by atomic mass is 9.72. The Morgan fingerprint density at radius 1 is 0.906 bits per heavy atom. The maximum absolute atomic E-state index is 11.3. The van der Waals surface area contributed by atoms with Crippen LogP contribution in [0.3, 0.4) is 0 Å². The molecule has 2 aromatic carbocycles. The van der Waals surface area contributed by atoms with E-state index in [1.807, 2.05) is 24.3 Å². The smallest absolute Gasteiger partial charge is 0.147 e. The van der Waals surface area contributed by atoms with Crippen LogP contribution in [0.4, 0.5) is 0 Å². The van der Waals surface area contributed by atoms with E-state index < -0.39 is 0 Å². The second-order valence-corrected chi connectivity index (χ2v) is 11.1.